The van der Waals surface area contributed by atoms with E-state index in [0.717, 1.165) is 43.2 Å². The van der Waals surface area contributed by atoms with Gasteiger partial charge in [0.05, 0.1) is 6.04 Å². The predicted octanol–water partition coefficient (Wildman–Crippen LogP) is 5.07. The van der Waals surface area contributed by atoms with Crippen molar-refractivity contribution >= 4 is 11.6 Å². The summed E-state index contributed by atoms with van der Waals surface area (Å²) in [6, 6.07) is 17.0. The first-order valence-electron chi connectivity index (χ1n) is 10.1. The average molecular weight is 381 g/mol. The average Bonchev–Trinajstić information content (AvgIpc) is 2.71. The summed E-state index contributed by atoms with van der Waals surface area (Å²) in [5.41, 5.74) is 3.71. The van der Waals surface area contributed by atoms with Gasteiger partial charge < -0.3 is 5.32 Å². The molecule has 2 aromatic carbocycles. The highest BCUT2D eigenvalue weighted by molar-refractivity contribution is 6.30. The van der Waals surface area contributed by atoms with Crippen LogP contribution in [0.4, 0.5) is 0 Å². The van der Waals surface area contributed by atoms with Crippen LogP contribution in [-0.4, -0.2) is 31.1 Å². The lowest BCUT2D eigenvalue weighted by Crippen LogP contribution is -2.44. The van der Waals surface area contributed by atoms with Crippen LogP contribution in [-0.2, 0) is 6.42 Å². The maximum atomic E-state index is 6.08. The first kappa shape index (κ1) is 20.0. The monoisotopic (exact) mass is 380 g/mol. The summed E-state index contributed by atoms with van der Waals surface area (Å²) in [6.45, 7) is 6.29. The van der Waals surface area contributed by atoms with Crippen LogP contribution < -0.4 is 5.32 Å². The SMILES string of the molecule is CCCCCc1ccc(C#CC(c2ccc(Cl)cc2)N2CCNCC2)cc1. The molecule has 0 spiro atoms. The maximum absolute atomic E-state index is 6.08. The maximum Gasteiger partial charge on any atom is 0.0975 e. The quantitative estimate of drug-likeness (QED) is 0.556. The zero-order chi connectivity index (χ0) is 18.9. The molecule has 0 radical (unpaired) electrons. The lowest BCUT2D eigenvalue weighted by Gasteiger charge is -2.32. The van der Waals surface area contributed by atoms with Gasteiger partial charge in [-0.25, -0.2) is 0 Å². The Morgan fingerprint density at radius 3 is 2.37 bits per heavy atom. The molecule has 3 rings (SSSR count). The molecule has 1 unspecified atom stereocenters. The highest BCUT2D eigenvalue weighted by atomic mass is 35.5. The van der Waals surface area contributed by atoms with Crippen molar-refractivity contribution < 1.29 is 0 Å². The lowest BCUT2D eigenvalue weighted by molar-refractivity contribution is 0.209. The van der Waals surface area contributed by atoms with Crippen molar-refractivity contribution in [1.29, 1.82) is 0 Å². The van der Waals surface area contributed by atoms with Crippen LogP contribution >= 0.6 is 11.6 Å². The molecule has 1 aliphatic heterocycles. The zero-order valence-corrected chi connectivity index (χ0v) is 16.9. The highest BCUT2D eigenvalue weighted by Gasteiger charge is 2.20. The molecule has 27 heavy (non-hydrogen) atoms. The largest absolute Gasteiger partial charge is 0.314 e. The van der Waals surface area contributed by atoms with E-state index >= 15 is 0 Å². The van der Waals surface area contributed by atoms with Gasteiger partial charge in [-0.2, -0.15) is 0 Å². The molecule has 0 aliphatic carbocycles. The van der Waals surface area contributed by atoms with Crippen LogP contribution in [0.2, 0.25) is 5.02 Å². The Morgan fingerprint density at radius 1 is 1.00 bits per heavy atom. The molecule has 0 saturated carbocycles. The van der Waals surface area contributed by atoms with Gasteiger partial charge in [-0.05, 0) is 48.2 Å². The summed E-state index contributed by atoms with van der Waals surface area (Å²) < 4.78 is 0. The second-order valence-corrected chi connectivity index (χ2v) is 7.60. The second-order valence-electron chi connectivity index (χ2n) is 7.16. The van der Waals surface area contributed by atoms with Gasteiger partial charge in [0.2, 0.25) is 0 Å². The van der Waals surface area contributed by atoms with Gasteiger partial charge >= 0.3 is 0 Å². The Kier molecular flexibility index (Phi) is 7.78. The lowest BCUT2D eigenvalue weighted by atomic mass is 10.0. The van der Waals surface area contributed by atoms with Gasteiger partial charge in [-0.3, -0.25) is 4.90 Å². The summed E-state index contributed by atoms with van der Waals surface area (Å²) in [5.74, 6) is 6.92. The van der Waals surface area contributed by atoms with Crippen molar-refractivity contribution in [2.75, 3.05) is 26.2 Å². The number of halogens is 1. The van der Waals surface area contributed by atoms with Crippen LogP contribution in [0.5, 0.6) is 0 Å². The van der Waals surface area contributed by atoms with Crippen molar-refractivity contribution in [2.24, 2.45) is 0 Å². The van der Waals surface area contributed by atoms with Crippen LogP contribution in [0.25, 0.3) is 0 Å². The molecule has 1 fully saturated rings. The topological polar surface area (TPSA) is 15.3 Å². The number of benzene rings is 2. The summed E-state index contributed by atoms with van der Waals surface area (Å²) in [5, 5.41) is 4.19. The predicted molar refractivity (Wildman–Crippen MR) is 115 cm³/mol. The standard InChI is InChI=1S/C24H29ClN2/c1-2-3-4-5-20-6-8-21(9-7-20)10-15-24(27-18-16-26-17-19-27)22-11-13-23(25)14-12-22/h6-9,11-14,24,26H,2-5,16-19H2,1H3. The van der Waals surface area contributed by atoms with Crippen LogP contribution in [0.1, 0.15) is 48.9 Å². The molecular weight excluding hydrogens is 352 g/mol. The molecule has 0 aromatic heterocycles. The molecule has 0 amide bonds. The van der Waals surface area contributed by atoms with Crippen LogP contribution in [0.15, 0.2) is 48.5 Å². The first-order chi connectivity index (χ1) is 13.3. The van der Waals surface area contributed by atoms with E-state index in [-0.39, 0.29) is 6.04 Å². The number of rotatable bonds is 6. The van der Waals surface area contributed by atoms with E-state index < -0.39 is 0 Å². The molecule has 1 N–H and O–H groups in total. The normalized spacial score (nSPS) is 15.8. The molecule has 1 saturated heterocycles. The summed E-state index contributed by atoms with van der Waals surface area (Å²) in [4.78, 5) is 2.45. The Labute approximate surface area is 168 Å². The molecule has 2 aromatic rings. The van der Waals surface area contributed by atoms with Gasteiger partial charge in [0.1, 0.15) is 0 Å². The first-order valence-corrected chi connectivity index (χ1v) is 10.4. The Bertz CT molecular complexity index is 750. The van der Waals surface area contributed by atoms with Gasteiger partial charge in [0, 0.05) is 36.8 Å². The van der Waals surface area contributed by atoms with E-state index in [1.54, 1.807) is 0 Å². The van der Waals surface area contributed by atoms with Gasteiger partial charge in [-0.15, -0.1) is 0 Å². The molecular formula is C24H29ClN2. The molecule has 3 heteroatoms. The minimum Gasteiger partial charge on any atom is -0.314 e. The number of aryl methyl sites for hydroxylation is 1. The fraction of sp³-hybridized carbons (Fsp3) is 0.417. The molecule has 1 atom stereocenters. The minimum absolute atomic E-state index is 0.105. The van der Waals surface area contributed by atoms with Gasteiger partial charge in [0.15, 0.2) is 0 Å². The molecule has 142 valence electrons. The fourth-order valence-electron chi connectivity index (χ4n) is 3.46. The Balaban J connectivity index is 1.75. The number of nitrogens with zero attached hydrogens (tertiary/aromatic N) is 1. The Hall–Kier alpha value is -1.79. The van der Waals surface area contributed by atoms with Gasteiger partial charge in [0.25, 0.3) is 0 Å². The number of nitrogens with one attached hydrogen (secondary N) is 1. The van der Waals surface area contributed by atoms with Crippen molar-refractivity contribution in [1.82, 2.24) is 10.2 Å². The number of hydrogen-bond donors (Lipinski definition) is 1. The van der Waals surface area contributed by atoms with Crippen molar-refractivity contribution in [3.05, 3.63) is 70.2 Å². The third-order valence-electron chi connectivity index (χ3n) is 5.08. The highest BCUT2D eigenvalue weighted by Crippen LogP contribution is 2.22. The van der Waals surface area contributed by atoms with E-state index in [0.29, 0.717) is 0 Å². The van der Waals surface area contributed by atoms with E-state index in [9.17, 15) is 0 Å². The zero-order valence-electron chi connectivity index (χ0n) is 16.2. The fourth-order valence-corrected chi connectivity index (χ4v) is 3.58. The van der Waals surface area contributed by atoms with E-state index in [1.807, 2.05) is 12.1 Å². The van der Waals surface area contributed by atoms with Gasteiger partial charge in [-0.1, -0.05) is 67.5 Å². The molecule has 2 nitrogen and oxygen atoms in total. The van der Waals surface area contributed by atoms with Crippen molar-refractivity contribution in [3.63, 3.8) is 0 Å². The smallest absolute Gasteiger partial charge is 0.0975 e. The number of piperazine rings is 1. The summed E-state index contributed by atoms with van der Waals surface area (Å²) in [6.07, 6.45) is 5.00. The third kappa shape index (κ3) is 6.11. The molecule has 1 aliphatic rings. The molecule has 0 bridgehead atoms. The van der Waals surface area contributed by atoms with E-state index in [4.69, 9.17) is 11.6 Å². The summed E-state index contributed by atoms with van der Waals surface area (Å²) >= 11 is 6.08. The summed E-state index contributed by atoms with van der Waals surface area (Å²) in [7, 11) is 0. The van der Waals surface area contributed by atoms with Crippen molar-refractivity contribution in [2.45, 2.75) is 38.6 Å². The molecule has 1 heterocycles. The van der Waals surface area contributed by atoms with Crippen molar-refractivity contribution in [3.8, 4) is 11.8 Å². The number of hydrogen-bond acceptors (Lipinski definition) is 2. The van der Waals surface area contributed by atoms with Crippen LogP contribution in [0, 0.1) is 11.8 Å². The Morgan fingerprint density at radius 2 is 1.70 bits per heavy atom. The third-order valence-corrected chi connectivity index (χ3v) is 5.33. The van der Waals surface area contributed by atoms with E-state index in [2.05, 4.69) is 65.4 Å². The second kappa shape index (κ2) is 10.5. The van der Waals surface area contributed by atoms with Crippen LogP contribution in [0.3, 0.4) is 0 Å². The number of unbranched alkanes of at least 4 members (excludes halogenated alkanes) is 2. The van der Waals surface area contributed by atoms with E-state index in [1.165, 1.54) is 30.4 Å². The minimum atomic E-state index is 0.105.